The van der Waals surface area contributed by atoms with E-state index in [9.17, 15) is 4.39 Å². The highest BCUT2D eigenvalue weighted by atomic mass is 19.1. The average molecular weight is 190 g/mol. The normalized spacial score (nSPS) is 10.1. The first kappa shape index (κ1) is 8.68. The van der Waals surface area contributed by atoms with Gasteiger partial charge in [0, 0.05) is 6.42 Å². The van der Waals surface area contributed by atoms with Crippen LogP contribution in [-0.2, 0) is 6.42 Å². The molecule has 0 fully saturated rings. The van der Waals surface area contributed by atoms with E-state index in [2.05, 4.69) is 20.4 Å². The number of rotatable bonds is 2. The molecule has 0 spiro atoms. The van der Waals surface area contributed by atoms with Crippen molar-refractivity contribution < 1.29 is 4.39 Å². The van der Waals surface area contributed by atoms with Crippen LogP contribution in [0.1, 0.15) is 11.4 Å². The van der Waals surface area contributed by atoms with Crippen LogP contribution in [0.3, 0.4) is 0 Å². The Labute approximate surface area is 79.8 Å². The predicted molar refractivity (Wildman–Crippen MR) is 46.8 cm³/mol. The van der Waals surface area contributed by atoms with Gasteiger partial charge < -0.3 is 0 Å². The molecule has 0 saturated carbocycles. The number of aromatic nitrogens is 4. The van der Waals surface area contributed by atoms with E-state index in [1.165, 1.54) is 18.5 Å². The maximum Gasteiger partial charge on any atom is 0.177 e. The summed E-state index contributed by atoms with van der Waals surface area (Å²) in [4.78, 5) is 0. The van der Waals surface area contributed by atoms with E-state index < -0.39 is 0 Å². The molecule has 0 aliphatic heterocycles. The van der Waals surface area contributed by atoms with Gasteiger partial charge in [-0.3, -0.25) is 0 Å². The second-order valence-corrected chi connectivity index (χ2v) is 2.77. The molecule has 0 bridgehead atoms. The number of nitrogens with zero attached hydrogens (tertiary/aromatic N) is 4. The fourth-order valence-corrected chi connectivity index (χ4v) is 1.08. The number of benzene rings is 1. The summed E-state index contributed by atoms with van der Waals surface area (Å²) < 4.78 is 12.6. The summed E-state index contributed by atoms with van der Waals surface area (Å²) in [7, 11) is 0. The molecule has 2 aromatic rings. The molecule has 0 saturated heterocycles. The van der Waals surface area contributed by atoms with Gasteiger partial charge in [-0.2, -0.15) is 0 Å². The molecule has 5 heteroatoms. The lowest BCUT2D eigenvalue weighted by Crippen LogP contribution is -1.99. The van der Waals surface area contributed by atoms with Gasteiger partial charge in [0.05, 0.1) is 0 Å². The van der Waals surface area contributed by atoms with E-state index in [0.29, 0.717) is 12.2 Å². The summed E-state index contributed by atoms with van der Waals surface area (Å²) in [6.45, 7) is 0. The van der Waals surface area contributed by atoms with Crippen LogP contribution in [0, 0.1) is 5.82 Å². The third-order valence-electron chi connectivity index (χ3n) is 1.73. The van der Waals surface area contributed by atoms with Gasteiger partial charge in [0.15, 0.2) is 12.2 Å². The first-order valence-electron chi connectivity index (χ1n) is 4.08. The van der Waals surface area contributed by atoms with E-state index in [4.69, 9.17) is 0 Å². The third kappa shape index (κ3) is 2.07. The Morgan fingerprint density at radius 2 is 1.64 bits per heavy atom. The van der Waals surface area contributed by atoms with E-state index >= 15 is 0 Å². The third-order valence-corrected chi connectivity index (χ3v) is 1.73. The first-order valence-corrected chi connectivity index (χ1v) is 4.08. The van der Waals surface area contributed by atoms with Crippen molar-refractivity contribution in [1.29, 1.82) is 0 Å². The SMILES string of the molecule is Fc1ccc(Cc2nncnn2)cc1. The average Bonchev–Trinajstić information content (AvgIpc) is 2.23. The Bertz CT molecular complexity index is 401. The lowest BCUT2D eigenvalue weighted by Gasteiger charge is -1.97. The van der Waals surface area contributed by atoms with Gasteiger partial charge in [0.2, 0.25) is 0 Å². The van der Waals surface area contributed by atoms with Crippen LogP contribution in [0.4, 0.5) is 4.39 Å². The minimum absolute atomic E-state index is 0.251. The molecule has 1 heterocycles. The summed E-state index contributed by atoms with van der Waals surface area (Å²) in [6.07, 6.45) is 1.79. The first-order chi connectivity index (χ1) is 6.84. The van der Waals surface area contributed by atoms with Crippen molar-refractivity contribution in [3.8, 4) is 0 Å². The van der Waals surface area contributed by atoms with E-state index in [-0.39, 0.29) is 5.82 Å². The minimum atomic E-state index is -0.251. The van der Waals surface area contributed by atoms with Crippen LogP contribution >= 0.6 is 0 Å². The van der Waals surface area contributed by atoms with Crippen molar-refractivity contribution in [2.45, 2.75) is 6.42 Å². The Morgan fingerprint density at radius 3 is 2.29 bits per heavy atom. The fourth-order valence-electron chi connectivity index (χ4n) is 1.08. The summed E-state index contributed by atoms with van der Waals surface area (Å²) >= 11 is 0. The van der Waals surface area contributed by atoms with Crippen LogP contribution in [0.15, 0.2) is 30.6 Å². The second-order valence-electron chi connectivity index (χ2n) is 2.77. The Kier molecular flexibility index (Phi) is 2.40. The Morgan fingerprint density at radius 1 is 1.00 bits per heavy atom. The molecule has 2 rings (SSSR count). The smallest absolute Gasteiger partial charge is 0.177 e. The van der Waals surface area contributed by atoms with Gasteiger partial charge in [-0.1, -0.05) is 12.1 Å². The van der Waals surface area contributed by atoms with Gasteiger partial charge >= 0.3 is 0 Å². The molecule has 4 nitrogen and oxygen atoms in total. The molecule has 1 aromatic carbocycles. The minimum Gasteiger partial charge on any atom is -0.207 e. The van der Waals surface area contributed by atoms with Crippen LogP contribution in [-0.4, -0.2) is 20.4 Å². The molecule has 1 aromatic heterocycles. The maximum atomic E-state index is 12.6. The number of hydrogen-bond donors (Lipinski definition) is 0. The number of halogens is 1. The van der Waals surface area contributed by atoms with E-state index in [1.54, 1.807) is 12.1 Å². The van der Waals surface area contributed by atoms with Crippen LogP contribution in [0.2, 0.25) is 0 Å². The summed E-state index contributed by atoms with van der Waals surface area (Å²) in [6, 6.07) is 6.18. The molecule has 0 aliphatic rings. The van der Waals surface area contributed by atoms with Gasteiger partial charge in [-0.25, -0.2) is 4.39 Å². The quantitative estimate of drug-likeness (QED) is 0.708. The molecule has 0 radical (unpaired) electrons. The van der Waals surface area contributed by atoms with Crippen molar-refractivity contribution in [1.82, 2.24) is 20.4 Å². The van der Waals surface area contributed by atoms with Crippen LogP contribution in [0.25, 0.3) is 0 Å². The monoisotopic (exact) mass is 190 g/mol. The summed E-state index contributed by atoms with van der Waals surface area (Å²) in [5, 5.41) is 14.8. The molecule has 14 heavy (non-hydrogen) atoms. The molecule has 0 N–H and O–H groups in total. The molecule has 0 unspecified atom stereocenters. The van der Waals surface area contributed by atoms with Gasteiger partial charge in [0.1, 0.15) is 5.82 Å². The molecule has 0 aliphatic carbocycles. The molecular formula is C9H7FN4. The zero-order valence-corrected chi connectivity index (χ0v) is 7.26. The van der Waals surface area contributed by atoms with Crippen molar-refractivity contribution >= 4 is 0 Å². The fraction of sp³-hybridized carbons (Fsp3) is 0.111. The van der Waals surface area contributed by atoms with Gasteiger partial charge in [-0.15, -0.1) is 20.4 Å². The van der Waals surface area contributed by atoms with Crippen molar-refractivity contribution in [3.63, 3.8) is 0 Å². The van der Waals surface area contributed by atoms with Gasteiger partial charge in [-0.05, 0) is 17.7 Å². The highest BCUT2D eigenvalue weighted by molar-refractivity contribution is 5.19. The van der Waals surface area contributed by atoms with Crippen molar-refractivity contribution in [3.05, 3.63) is 47.8 Å². The Balaban J connectivity index is 2.16. The molecular weight excluding hydrogens is 183 g/mol. The van der Waals surface area contributed by atoms with Crippen LogP contribution in [0.5, 0.6) is 0 Å². The highest BCUT2D eigenvalue weighted by Crippen LogP contribution is 2.05. The van der Waals surface area contributed by atoms with Gasteiger partial charge in [0.25, 0.3) is 0 Å². The largest absolute Gasteiger partial charge is 0.207 e. The molecule has 0 atom stereocenters. The second kappa shape index (κ2) is 3.87. The maximum absolute atomic E-state index is 12.6. The predicted octanol–water partition coefficient (Wildman–Crippen LogP) is 0.996. The lowest BCUT2D eigenvalue weighted by molar-refractivity contribution is 0.627. The van der Waals surface area contributed by atoms with Crippen LogP contribution < -0.4 is 0 Å². The highest BCUT2D eigenvalue weighted by Gasteiger charge is 1.99. The van der Waals surface area contributed by atoms with E-state index in [0.717, 1.165) is 5.56 Å². The summed E-state index contributed by atoms with van der Waals surface area (Å²) in [5.41, 5.74) is 0.932. The number of hydrogen-bond acceptors (Lipinski definition) is 4. The topological polar surface area (TPSA) is 51.6 Å². The zero-order valence-electron chi connectivity index (χ0n) is 7.26. The standard InChI is InChI=1S/C9H7FN4/c10-8-3-1-7(2-4-8)5-9-13-11-6-12-14-9/h1-4,6H,5H2. The van der Waals surface area contributed by atoms with Crippen molar-refractivity contribution in [2.24, 2.45) is 0 Å². The molecule has 0 amide bonds. The lowest BCUT2D eigenvalue weighted by atomic mass is 10.1. The van der Waals surface area contributed by atoms with E-state index in [1.807, 2.05) is 0 Å². The zero-order chi connectivity index (χ0) is 9.80. The Hall–Kier alpha value is -1.91. The van der Waals surface area contributed by atoms with Crippen molar-refractivity contribution in [2.75, 3.05) is 0 Å². The summed E-state index contributed by atoms with van der Waals surface area (Å²) in [5.74, 6) is 0.276. The molecule has 70 valence electrons.